The smallest absolute Gasteiger partial charge is 0.268 e. The number of rotatable bonds is 3. The van der Waals surface area contributed by atoms with Gasteiger partial charge in [-0.05, 0) is 61.6 Å². The van der Waals surface area contributed by atoms with Gasteiger partial charge in [-0.25, -0.2) is 0 Å². The first kappa shape index (κ1) is 15.7. The van der Waals surface area contributed by atoms with Crippen LogP contribution in [0.25, 0.3) is 0 Å². The molecule has 0 bridgehead atoms. The number of carbonyl (C=O) groups is 2. The summed E-state index contributed by atoms with van der Waals surface area (Å²) in [5, 5.41) is 2.79. The Morgan fingerprint density at radius 2 is 1.96 bits per heavy atom. The van der Waals surface area contributed by atoms with Gasteiger partial charge in [-0.15, -0.1) is 0 Å². The molecule has 1 N–H and O–H groups in total. The molecule has 0 fully saturated rings. The van der Waals surface area contributed by atoms with Crippen molar-refractivity contribution in [3.05, 3.63) is 53.6 Å². The van der Waals surface area contributed by atoms with E-state index >= 15 is 0 Å². The lowest BCUT2D eigenvalue weighted by atomic mass is 10.1. The highest BCUT2D eigenvalue weighted by Crippen LogP contribution is 2.30. The summed E-state index contributed by atoms with van der Waals surface area (Å²) in [6, 6.07) is 13.3. The Hall–Kier alpha value is -2.82. The van der Waals surface area contributed by atoms with Crippen LogP contribution in [0, 0.1) is 0 Å². The third kappa shape index (κ3) is 2.97. The Bertz CT molecular complexity index is 847. The summed E-state index contributed by atoms with van der Waals surface area (Å²) in [6.07, 6.45) is 2.68. The van der Waals surface area contributed by atoms with Gasteiger partial charge in [0.15, 0.2) is 6.10 Å². The average Bonchev–Trinajstić information content (AvgIpc) is 3.08. The molecule has 25 heavy (non-hydrogen) atoms. The zero-order chi connectivity index (χ0) is 17.4. The number of carbonyl (C=O) groups excluding carboxylic acids is 2. The quantitative estimate of drug-likeness (QED) is 0.937. The summed E-state index contributed by atoms with van der Waals surface area (Å²) >= 11 is 0. The Kier molecular flexibility index (Phi) is 3.92. The summed E-state index contributed by atoms with van der Waals surface area (Å²) in [6.45, 7) is 1.73. The predicted molar refractivity (Wildman–Crippen MR) is 96.0 cm³/mol. The lowest BCUT2D eigenvalue weighted by molar-refractivity contribution is -0.126. The van der Waals surface area contributed by atoms with Crippen LogP contribution in [0.1, 0.15) is 24.5 Å². The summed E-state index contributed by atoms with van der Waals surface area (Å²) in [5.74, 6) is 0.288. The number of hydrogen-bond acceptors (Lipinski definition) is 3. The minimum atomic E-state index is -0.668. The lowest BCUT2D eigenvalue weighted by Crippen LogP contribution is -2.47. The second-order valence-electron chi connectivity index (χ2n) is 6.53. The van der Waals surface area contributed by atoms with E-state index in [0.29, 0.717) is 17.1 Å². The molecule has 0 radical (unpaired) electrons. The van der Waals surface area contributed by atoms with Crippen molar-refractivity contribution in [2.45, 2.75) is 32.3 Å². The van der Waals surface area contributed by atoms with Gasteiger partial charge < -0.3 is 10.1 Å². The summed E-state index contributed by atoms with van der Waals surface area (Å²) in [7, 11) is 0. The molecule has 2 aromatic rings. The van der Waals surface area contributed by atoms with Gasteiger partial charge in [-0.1, -0.05) is 18.2 Å². The standard InChI is InChI=1S/C20H20N2O3/c1-13(25-16-10-9-14-5-4-6-15(14)11-16)20(24)22-12-19(23)21-17-7-2-3-8-18(17)22/h2-3,7-11,13H,4-6,12H2,1H3,(H,21,23)/t13-/m0/s1. The molecule has 1 atom stereocenters. The van der Waals surface area contributed by atoms with Gasteiger partial charge in [0.05, 0.1) is 11.4 Å². The summed E-state index contributed by atoms with van der Waals surface area (Å²) < 4.78 is 5.88. The van der Waals surface area contributed by atoms with Crippen molar-refractivity contribution in [1.29, 1.82) is 0 Å². The van der Waals surface area contributed by atoms with Gasteiger partial charge in [0, 0.05) is 0 Å². The fraction of sp³-hybridized carbons (Fsp3) is 0.300. The van der Waals surface area contributed by atoms with Gasteiger partial charge in [-0.2, -0.15) is 0 Å². The average molecular weight is 336 g/mol. The molecule has 4 rings (SSSR count). The van der Waals surface area contributed by atoms with Crippen LogP contribution in [0.5, 0.6) is 5.75 Å². The van der Waals surface area contributed by atoms with Crippen molar-refractivity contribution in [3.8, 4) is 5.75 Å². The minimum absolute atomic E-state index is 0.00767. The molecule has 0 aromatic heterocycles. The number of amides is 2. The van der Waals surface area contributed by atoms with E-state index in [1.165, 1.54) is 22.4 Å². The molecule has 2 amide bonds. The van der Waals surface area contributed by atoms with Gasteiger partial charge in [0.1, 0.15) is 12.3 Å². The first-order chi connectivity index (χ1) is 12.1. The Morgan fingerprint density at radius 3 is 2.84 bits per heavy atom. The van der Waals surface area contributed by atoms with E-state index in [1.54, 1.807) is 13.0 Å². The first-order valence-corrected chi connectivity index (χ1v) is 8.60. The van der Waals surface area contributed by atoms with Crippen molar-refractivity contribution in [2.24, 2.45) is 0 Å². The van der Waals surface area contributed by atoms with Gasteiger partial charge in [-0.3, -0.25) is 14.5 Å². The van der Waals surface area contributed by atoms with Crippen LogP contribution in [-0.2, 0) is 22.4 Å². The van der Waals surface area contributed by atoms with Crippen LogP contribution in [0.2, 0.25) is 0 Å². The van der Waals surface area contributed by atoms with Crippen molar-refractivity contribution in [1.82, 2.24) is 0 Å². The maximum Gasteiger partial charge on any atom is 0.268 e. The number of nitrogens with one attached hydrogen (secondary N) is 1. The SMILES string of the molecule is C[C@H](Oc1ccc2c(c1)CCC2)C(=O)N1CC(=O)Nc2ccccc21. The molecular formula is C20H20N2O3. The maximum atomic E-state index is 12.9. The third-order valence-corrected chi connectivity index (χ3v) is 4.77. The topological polar surface area (TPSA) is 58.6 Å². The number of para-hydroxylation sites is 2. The van der Waals surface area contributed by atoms with E-state index in [1.807, 2.05) is 30.3 Å². The molecule has 0 unspecified atom stereocenters. The summed E-state index contributed by atoms with van der Waals surface area (Å²) in [4.78, 5) is 26.3. The Morgan fingerprint density at radius 1 is 1.16 bits per heavy atom. The van der Waals surface area contributed by atoms with E-state index < -0.39 is 6.10 Å². The molecule has 2 aliphatic rings. The van der Waals surface area contributed by atoms with Crippen LogP contribution in [0.4, 0.5) is 11.4 Å². The number of anilines is 2. The number of nitrogens with zero attached hydrogens (tertiary/aromatic N) is 1. The van der Waals surface area contributed by atoms with Gasteiger partial charge in [0.2, 0.25) is 5.91 Å². The molecule has 5 nitrogen and oxygen atoms in total. The predicted octanol–water partition coefficient (Wildman–Crippen LogP) is 2.93. The van der Waals surface area contributed by atoms with Crippen LogP contribution >= 0.6 is 0 Å². The van der Waals surface area contributed by atoms with E-state index in [4.69, 9.17) is 4.74 Å². The van der Waals surface area contributed by atoms with Crippen LogP contribution in [-0.4, -0.2) is 24.5 Å². The fourth-order valence-corrected chi connectivity index (χ4v) is 3.53. The third-order valence-electron chi connectivity index (χ3n) is 4.77. The molecule has 1 aliphatic carbocycles. The Labute approximate surface area is 146 Å². The van der Waals surface area contributed by atoms with E-state index in [0.717, 1.165) is 12.8 Å². The number of aryl methyl sites for hydroxylation is 2. The molecule has 128 valence electrons. The van der Waals surface area contributed by atoms with Crippen molar-refractivity contribution in [3.63, 3.8) is 0 Å². The highest BCUT2D eigenvalue weighted by molar-refractivity contribution is 6.10. The van der Waals surface area contributed by atoms with Crippen LogP contribution < -0.4 is 15.0 Å². The zero-order valence-corrected chi connectivity index (χ0v) is 14.1. The molecule has 0 spiro atoms. The molecule has 1 heterocycles. The van der Waals surface area contributed by atoms with Crippen molar-refractivity contribution in [2.75, 3.05) is 16.8 Å². The second-order valence-corrected chi connectivity index (χ2v) is 6.53. The molecular weight excluding hydrogens is 316 g/mol. The summed E-state index contributed by atoms with van der Waals surface area (Å²) in [5.41, 5.74) is 4.03. The highest BCUT2D eigenvalue weighted by Gasteiger charge is 2.30. The molecule has 5 heteroatoms. The van der Waals surface area contributed by atoms with E-state index in [2.05, 4.69) is 11.4 Å². The van der Waals surface area contributed by atoms with Gasteiger partial charge >= 0.3 is 0 Å². The maximum absolute atomic E-state index is 12.9. The van der Waals surface area contributed by atoms with E-state index in [9.17, 15) is 9.59 Å². The molecule has 0 saturated carbocycles. The number of ether oxygens (including phenoxy) is 1. The van der Waals surface area contributed by atoms with Crippen molar-refractivity contribution >= 4 is 23.2 Å². The monoisotopic (exact) mass is 336 g/mol. The van der Waals surface area contributed by atoms with Gasteiger partial charge in [0.25, 0.3) is 5.91 Å². The molecule has 0 saturated heterocycles. The normalized spacial score (nSPS) is 16.7. The first-order valence-electron chi connectivity index (χ1n) is 8.60. The highest BCUT2D eigenvalue weighted by atomic mass is 16.5. The minimum Gasteiger partial charge on any atom is -0.481 e. The Balaban J connectivity index is 1.53. The number of hydrogen-bond donors (Lipinski definition) is 1. The molecule has 2 aromatic carbocycles. The second kappa shape index (κ2) is 6.24. The van der Waals surface area contributed by atoms with Crippen molar-refractivity contribution < 1.29 is 14.3 Å². The largest absolute Gasteiger partial charge is 0.481 e. The fourth-order valence-electron chi connectivity index (χ4n) is 3.53. The van der Waals surface area contributed by atoms with Crippen LogP contribution in [0.15, 0.2) is 42.5 Å². The van der Waals surface area contributed by atoms with E-state index in [-0.39, 0.29) is 18.4 Å². The molecule has 1 aliphatic heterocycles. The number of benzene rings is 2. The lowest BCUT2D eigenvalue weighted by Gasteiger charge is -2.31. The van der Waals surface area contributed by atoms with Crippen LogP contribution in [0.3, 0.4) is 0 Å². The zero-order valence-electron chi connectivity index (χ0n) is 14.1. The number of fused-ring (bicyclic) bond motifs is 2.